The molecule has 1 heterocycles. The average molecular weight is 400 g/mol. The van der Waals surface area contributed by atoms with Crippen LogP contribution in [0.5, 0.6) is 11.5 Å². The van der Waals surface area contributed by atoms with Crippen LogP contribution in [-0.2, 0) is 4.74 Å². The van der Waals surface area contributed by atoms with E-state index in [0.717, 1.165) is 38.4 Å². The molecule has 0 saturated carbocycles. The number of aliphatic hydroxyl groups is 1. The number of aliphatic hydroxyl groups excluding tert-OH is 1. The third kappa shape index (κ3) is 5.93. The second-order valence-electron chi connectivity index (χ2n) is 6.94. The minimum Gasteiger partial charge on any atom is -0.497 e. The second-order valence-corrected chi connectivity index (χ2v) is 6.94. The molecular formula is C22H28N2O5. The van der Waals surface area contributed by atoms with Crippen LogP contribution in [0.2, 0.25) is 0 Å². The summed E-state index contributed by atoms with van der Waals surface area (Å²) in [5.41, 5.74) is 1.93. The van der Waals surface area contributed by atoms with Crippen molar-refractivity contribution in [3.05, 3.63) is 53.6 Å². The number of anilines is 1. The normalized spacial score (nSPS) is 15.6. The van der Waals surface area contributed by atoms with E-state index in [1.54, 1.807) is 44.6 Å². The van der Waals surface area contributed by atoms with Gasteiger partial charge in [0.05, 0.1) is 33.5 Å². The summed E-state index contributed by atoms with van der Waals surface area (Å²) in [6.07, 6.45) is 0.125. The summed E-state index contributed by atoms with van der Waals surface area (Å²) < 4.78 is 15.8. The lowest BCUT2D eigenvalue weighted by Gasteiger charge is -2.27. The molecule has 1 aliphatic heterocycles. The van der Waals surface area contributed by atoms with E-state index in [4.69, 9.17) is 14.2 Å². The molecular weight excluding hydrogens is 372 g/mol. The largest absolute Gasteiger partial charge is 0.497 e. The van der Waals surface area contributed by atoms with Crippen molar-refractivity contribution in [2.45, 2.75) is 12.5 Å². The van der Waals surface area contributed by atoms with Gasteiger partial charge >= 0.3 is 0 Å². The molecule has 3 rings (SSSR count). The van der Waals surface area contributed by atoms with Gasteiger partial charge in [0, 0.05) is 37.0 Å². The first kappa shape index (κ1) is 21.1. The van der Waals surface area contributed by atoms with E-state index < -0.39 is 6.10 Å². The van der Waals surface area contributed by atoms with E-state index in [9.17, 15) is 9.90 Å². The number of nitrogens with zero attached hydrogens (tertiary/aromatic N) is 1. The predicted octanol–water partition coefficient (Wildman–Crippen LogP) is 2.71. The van der Waals surface area contributed by atoms with Gasteiger partial charge in [-0.15, -0.1) is 0 Å². The van der Waals surface area contributed by atoms with E-state index >= 15 is 0 Å². The molecule has 1 saturated heterocycles. The fraction of sp³-hybridized carbons (Fsp3) is 0.409. The van der Waals surface area contributed by atoms with Gasteiger partial charge in [0.1, 0.15) is 11.5 Å². The summed E-state index contributed by atoms with van der Waals surface area (Å²) in [7, 11) is 3.08. The molecule has 0 radical (unpaired) electrons. The van der Waals surface area contributed by atoms with Crippen LogP contribution in [-0.4, -0.2) is 63.0 Å². The van der Waals surface area contributed by atoms with Crippen molar-refractivity contribution in [3.8, 4) is 11.5 Å². The van der Waals surface area contributed by atoms with Crippen LogP contribution in [0.25, 0.3) is 0 Å². The molecule has 156 valence electrons. The van der Waals surface area contributed by atoms with Crippen LogP contribution in [0.15, 0.2) is 42.5 Å². The van der Waals surface area contributed by atoms with Crippen LogP contribution < -0.4 is 14.8 Å². The molecule has 7 nitrogen and oxygen atoms in total. The summed E-state index contributed by atoms with van der Waals surface area (Å²) in [6, 6.07) is 12.3. The molecule has 2 aromatic carbocycles. The number of rotatable bonds is 8. The molecule has 1 amide bonds. The van der Waals surface area contributed by atoms with Crippen molar-refractivity contribution < 1.29 is 24.1 Å². The number of carbonyl (C=O) groups is 1. The molecule has 0 bridgehead atoms. The molecule has 2 aromatic rings. The molecule has 1 unspecified atom stereocenters. The van der Waals surface area contributed by atoms with E-state index in [0.29, 0.717) is 29.2 Å². The van der Waals surface area contributed by atoms with Crippen molar-refractivity contribution in [2.75, 3.05) is 52.4 Å². The maximum Gasteiger partial charge on any atom is 0.255 e. The summed E-state index contributed by atoms with van der Waals surface area (Å²) in [5, 5.41) is 13.3. The summed E-state index contributed by atoms with van der Waals surface area (Å²) in [4.78, 5) is 14.9. The third-order valence-corrected chi connectivity index (χ3v) is 4.99. The van der Waals surface area contributed by atoms with Crippen molar-refractivity contribution >= 4 is 11.6 Å². The quantitative estimate of drug-likeness (QED) is 0.709. The lowest BCUT2D eigenvalue weighted by Crippen LogP contribution is -2.37. The molecule has 7 heteroatoms. The highest BCUT2D eigenvalue weighted by atomic mass is 16.5. The third-order valence-electron chi connectivity index (χ3n) is 4.99. The Balaban J connectivity index is 1.57. The first-order chi connectivity index (χ1) is 14.1. The molecule has 0 spiro atoms. The van der Waals surface area contributed by atoms with Gasteiger partial charge in [0.15, 0.2) is 0 Å². The Kier molecular flexibility index (Phi) is 7.46. The first-order valence-corrected chi connectivity index (χ1v) is 9.71. The Labute approximate surface area is 171 Å². The minimum absolute atomic E-state index is 0.261. The Bertz CT molecular complexity index is 781. The van der Waals surface area contributed by atoms with Crippen LogP contribution in [0, 0.1) is 0 Å². The molecule has 0 aromatic heterocycles. The standard InChI is InChI=1S/C22H28N2O5/c1-27-19-13-17(14-20(15-19)28-2)22(26)23-18-5-3-16(4-6-18)21(25)7-8-24-9-11-29-12-10-24/h3-6,13-15,21,25H,7-12H2,1-2H3,(H,23,26). The lowest BCUT2D eigenvalue weighted by molar-refractivity contribution is 0.0300. The number of hydrogen-bond acceptors (Lipinski definition) is 6. The van der Waals surface area contributed by atoms with E-state index in [2.05, 4.69) is 10.2 Å². The molecule has 29 heavy (non-hydrogen) atoms. The molecule has 1 aliphatic rings. The fourth-order valence-corrected chi connectivity index (χ4v) is 3.23. The fourth-order valence-electron chi connectivity index (χ4n) is 3.23. The van der Waals surface area contributed by atoms with Crippen molar-refractivity contribution in [1.82, 2.24) is 4.90 Å². The monoisotopic (exact) mass is 400 g/mol. The van der Waals surface area contributed by atoms with Gasteiger partial charge < -0.3 is 24.6 Å². The van der Waals surface area contributed by atoms with Gasteiger partial charge in [-0.3, -0.25) is 9.69 Å². The molecule has 2 N–H and O–H groups in total. The zero-order chi connectivity index (χ0) is 20.6. The number of hydrogen-bond donors (Lipinski definition) is 2. The predicted molar refractivity (Wildman–Crippen MR) is 111 cm³/mol. The number of benzene rings is 2. The highest BCUT2D eigenvalue weighted by molar-refractivity contribution is 6.04. The van der Waals surface area contributed by atoms with E-state index in [1.807, 2.05) is 12.1 Å². The smallest absolute Gasteiger partial charge is 0.255 e. The number of nitrogens with one attached hydrogen (secondary N) is 1. The van der Waals surface area contributed by atoms with Crippen LogP contribution in [0.1, 0.15) is 28.4 Å². The zero-order valence-corrected chi connectivity index (χ0v) is 16.9. The van der Waals surface area contributed by atoms with Crippen LogP contribution in [0.3, 0.4) is 0 Å². The Morgan fingerprint density at radius 3 is 2.31 bits per heavy atom. The maximum absolute atomic E-state index is 12.6. The molecule has 1 fully saturated rings. The second kappa shape index (κ2) is 10.2. The zero-order valence-electron chi connectivity index (χ0n) is 16.9. The van der Waals surface area contributed by atoms with Crippen molar-refractivity contribution in [2.24, 2.45) is 0 Å². The van der Waals surface area contributed by atoms with Gasteiger partial charge in [0.25, 0.3) is 5.91 Å². The van der Waals surface area contributed by atoms with Crippen molar-refractivity contribution in [3.63, 3.8) is 0 Å². The van der Waals surface area contributed by atoms with Crippen LogP contribution in [0.4, 0.5) is 5.69 Å². The van der Waals surface area contributed by atoms with Gasteiger partial charge in [-0.2, -0.15) is 0 Å². The van der Waals surface area contributed by atoms with Gasteiger partial charge in [-0.1, -0.05) is 12.1 Å². The summed E-state index contributed by atoms with van der Waals surface area (Å²) >= 11 is 0. The highest BCUT2D eigenvalue weighted by Crippen LogP contribution is 2.24. The summed E-state index contributed by atoms with van der Waals surface area (Å²) in [5.74, 6) is 0.837. The van der Waals surface area contributed by atoms with Crippen molar-refractivity contribution in [1.29, 1.82) is 0 Å². The van der Waals surface area contributed by atoms with Gasteiger partial charge in [-0.05, 0) is 36.2 Å². The number of amides is 1. The van der Waals surface area contributed by atoms with E-state index in [1.165, 1.54) is 0 Å². The van der Waals surface area contributed by atoms with Crippen LogP contribution >= 0.6 is 0 Å². The minimum atomic E-state index is -0.537. The Morgan fingerprint density at radius 2 is 1.72 bits per heavy atom. The van der Waals surface area contributed by atoms with E-state index in [-0.39, 0.29) is 5.91 Å². The molecule has 0 aliphatic carbocycles. The number of carbonyl (C=O) groups excluding carboxylic acids is 1. The lowest BCUT2D eigenvalue weighted by atomic mass is 10.1. The summed E-state index contributed by atoms with van der Waals surface area (Å²) in [6.45, 7) is 4.16. The van der Waals surface area contributed by atoms with Gasteiger partial charge in [0.2, 0.25) is 0 Å². The number of methoxy groups -OCH3 is 2. The number of morpholine rings is 1. The first-order valence-electron chi connectivity index (χ1n) is 9.71. The maximum atomic E-state index is 12.6. The van der Waals surface area contributed by atoms with Gasteiger partial charge in [-0.25, -0.2) is 0 Å². The highest BCUT2D eigenvalue weighted by Gasteiger charge is 2.14. The SMILES string of the molecule is COc1cc(OC)cc(C(=O)Nc2ccc(C(O)CCN3CCOCC3)cc2)c1. The Hall–Kier alpha value is -2.61. The average Bonchev–Trinajstić information content (AvgIpc) is 2.78. The molecule has 1 atom stereocenters. The number of ether oxygens (including phenoxy) is 3. The Morgan fingerprint density at radius 1 is 1.10 bits per heavy atom. The topological polar surface area (TPSA) is 80.3 Å².